The van der Waals surface area contributed by atoms with Gasteiger partial charge in [0, 0.05) is 13.6 Å². The van der Waals surface area contributed by atoms with E-state index in [9.17, 15) is 14.3 Å². The Hall–Kier alpha value is -2.19. The fourth-order valence-electron chi connectivity index (χ4n) is 1.65. The summed E-state index contributed by atoms with van der Waals surface area (Å²) in [5, 5.41) is 12.7. The molecule has 1 aromatic carbocycles. The molecule has 2 N–H and O–H groups in total. The monoisotopic (exact) mass is 325 g/mol. The zero-order valence-electron chi connectivity index (χ0n) is 12.1. The maximum Gasteiger partial charge on any atom is 0.323 e. The number of ether oxygens (including phenoxy) is 1. The van der Waals surface area contributed by atoms with Crippen molar-refractivity contribution < 1.29 is 19.0 Å². The summed E-state index contributed by atoms with van der Waals surface area (Å²) in [6.07, 6.45) is 0.864. The number of likely N-dealkylation sites (N-methyl/N-ethyl adjacent to an activating group) is 1. The Labute approximate surface area is 131 Å². The SMILES string of the molecule is C[C@H](O)CN(C)C(=O)Nc1ncc(Oc2ccc(F)cc2)s1. The number of aliphatic hydroxyl groups excluding tert-OH is 1. The van der Waals surface area contributed by atoms with E-state index >= 15 is 0 Å². The minimum absolute atomic E-state index is 0.218. The Morgan fingerprint density at radius 3 is 2.82 bits per heavy atom. The number of hydrogen-bond donors (Lipinski definition) is 2. The van der Waals surface area contributed by atoms with Crippen LogP contribution in [0, 0.1) is 5.82 Å². The summed E-state index contributed by atoms with van der Waals surface area (Å²) in [5.74, 6) is 0.139. The van der Waals surface area contributed by atoms with E-state index in [2.05, 4.69) is 10.3 Å². The molecular weight excluding hydrogens is 309 g/mol. The molecule has 1 atom stereocenters. The number of halogens is 1. The van der Waals surface area contributed by atoms with Gasteiger partial charge in [-0.25, -0.2) is 14.2 Å². The van der Waals surface area contributed by atoms with Crippen LogP contribution in [0.1, 0.15) is 6.92 Å². The molecule has 1 aromatic heterocycles. The third-order valence-corrected chi connectivity index (χ3v) is 3.41. The molecule has 0 spiro atoms. The number of benzene rings is 1. The molecule has 0 bridgehead atoms. The minimum Gasteiger partial charge on any atom is -0.445 e. The van der Waals surface area contributed by atoms with Crippen LogP contribution >= 0.6 is 11.3 Å². The Bertz CT molecular complexity index is 631. The van der Waals surface area contributed by atoms with Gasteiger partial charge in [-0.15, -0.1) is 0 Å². The summed E-state index contributed by atoms with van der Waals surface area (Å²) >= 11 is 1.15. The van der Waals surface area contributed by atoms with Crippen molar-refractivity contribution in [1.82, 2.24) is 9.88 Å². The summed E-state index contributed by atoms with van der Waals surface area (Å²) in [6, 6.07) is 5.23. The lowest BCUT2D eigenvalue weighted by atomic mass is 10.3. The Morgan fingerprint density at radius 2 is 2.18 bits per heavy atom. The van der Waals surface area contributed by atoms with Crippen molar-refractivity contribution in [3.05, 3.63) is 36.3 Å². The lowest BCUT2D eigenvalue weighted by molar-refractivity contribution is 0.149. The number of carbonyl (C=O) groups is 1. The van der Waals surface area contributed by atoms with Crippen LogP contribution in [0.2, 0.25) is 0 Å². The molecule has 2 aromatic rings. The summed E-state index contributed by atoms with van der Waals surface area (Å²) in [7, 11) is 1.57. The summed E-state index contributed by atoms with van der Waals surface area (Å²) in [4.78, 5) is 17.2. The zero-order chi connectivity index (χ0) is 16.1. The number of rotatable bonds is 5. The first kappa shape index (κ1) is 16.2. The van der Waals surface area contributed by atoms with Gasteiger partial charge >= 0.3 is 6.03 Å². The first-order valence-electron chi connectivity index (χ1n) is 6.53. The average Bonchev–Trinajstić information content (AvgIpc) is 2.88. The highest BCUT2D eigenvalue weighted by atomic mass is 32.1. The van der Waals surface area contributed by atoms with Crippen molar-refractivity contribution in [3.8, 4) is 10.8 Å². The number of nitrogens with one attached hydrogen (secondary N) is 1. The molecule has 118 valence electrons. The van der Waals surface area contributed by atoms with E-state index in [0.29, 0.717) is 15.9 Å². The lowest BCUT2D eigenvalue weighted by Gasteiger charge is -2.18. The summed E-state index contributed by atoms with van der Waals surface area (Å²) < 4.78 is 18.3. The van der Waals surface area contributed by atoms with Crippen LogP contribution in [0.15, 0.2) is 30.5 Å². The predicted octanol–water partition coefficient (Wildman–Crippen LogP) is 2.92. The van der Waals surface area contributed by atoms with Crippen LogP contribution in [0.5, 0.6) is 10.8 Å². The van der Waals surface area contributed by atoms with Crippen LogP contribution in [-0.4, -0.2) is 40.7 Å². The second kappa shape index (κ2) is 7.19. The van der Waals surface area contributed by atoms with E-state index in [1.165, 1.54) is 35.4 Å². The molecule has 0 radical (unpaired) electrons. The number of carbonyl (C=O) groups excluding carboxylic acids is 1. The molecule has 0 unspecified atom stereocenters. The van der Waals surface area contributed by atoms with E-state index in [1.54, 1.807) is 14.0 Å². The van der Waals surface area contributed by atoms with Crippen molar-refractivity contribution >= 4 is 22.5 Å². The Balaban J connectivity index is 1.93. The van der Waals surface area contributed by atoms with Crippen LogP contribution in [0.4, 0.5) is 14.3 Å². The van der Waals surface area contributed by atoms with E-state index in [0.717, 1.165) is 11.3 Å². The highest BCUT2D eigenvalue weighted by Gasteiger charge is 2.13. The van der Waals surface area contributed by atoms with Gasteiger partial charge in [-0.1, -0.05) is 11.3 Å². The smallest absolute Gasteiger partial charge is 0.323 e. The van der Waals surface area contributed by atoms with E-state index in [-0.39, 0.29) is 18.4 Å². The average molecular weight is 325 g/mol. The zero-order valence-corrected chi connectivity index (χ0v) is 12.9. The van der Waals surface area contributed by atoms with Crippen LogP contribution in [0.3, 0.4) is 0 Å². The maximum atomic E-state index is 12.8. The molecule has 2 rings (SSSR count). The molecule has 0 aliphatic heterocycles. The van der Waals surface area contributed by atoms with Crippen molar-refractivity contribution in [2.45, 2.75) is 13.0 Å². The second-order valence-electron chi connectivity index (χ2n) is 4.70. The Kier molecular flexibility index (Phi) is 5.29. The minimum atomic E-state index is -0.607. The summed E-state index contributed by atoms with van der Waals surface area (Å²) in [6.45, 7) is 1.82. The number of aromatic nitrogens is 1. The van der Waals surface area contributed by atoms with Gasteiger partial charge in [0.2, 0.25) is 5.06 Å². The molecular formula is C14H16FN3O3S. The number of thiazole rings is 1. The molecule has 0 aliphatic carbocycles. The van der Waals surface area contributed by atoms with Gasteiger partial charge in [-0.05, 0) is 31.2 Å². The largest absolute Gasteiger partial charge is 0.445 e. The lowest BCUT2D eigenvalue weighted by Crippen LogP contribution is -2.36. The quantitative estimate of drug-likeness (QED) is 0.886. The molecule has 6 nitrogen and oxygen atoms in total. The third-order valence-electron chi connectivity index (χ3n) is 2.62. The van der Waals surface area contributed by atoms with Gasteiger partial charge in [0.05, 0.1) is 12.3 Å². The van der Waals surface area contributed by atoms with Gasteiger partial charge < -0.3 is 14.7 Å². The van der Waals surface area contributed by atoms with Crippen LogP contribution in [-0.2, 0) is 0 Å². The molecule has 1 heterocycles. The number of aliphatic hydroxyl groups is 1. The number of nitrogens with zero attached hydrogens (tertiary/aromatic N) is 2. The van der Waals surface area contributed by atoms with Crippen molar-refractivity contribution in [1.29, 1.82) is 0 Å². The number of amides is 2. The molecule has 2 amide bonds. The highest BCUT2D eigenvalue weighted by molar-refractivity contribution is 7.17. The van der Waals surface area contributed by atoms with E-state index in [1.807, 2.05) is 0 Å². The van der Waals surface area contributed by atoms with Gasteiger partial charge in [-0.3, -0.25) is 5.32 Å². The van der Waals surface area contributed by atoms with Gasteiger partial charge in [0.15, 0.2) is 5.13 Å². The molecule has 0 fully saturated rings. The number of hydrogen-bond acceptors (Lipinski definition) is 5. The Morgan fingerprint density at radius 1 is 1.50 bits per heavy atom. The molecule has 8 heteroatoms. The number of anilines is 1. The highest BCUT2D eigenvalue weighted by Crippen LogP contribution is 2.30. The second-order valence-corrected chi connectivity index (χ2v) is 5.69. The molecule has 0 saturated carbocycles. The van der Waals surface area contributed by atoms with Crippen molar-refractivity contribution in [2.75, 3.05) is 18.9 Å². The summed E-state index contributed by atoms with van der Waals surface area (Å²) in [5.41, 5.74) is 0. The van der Waals surface area contributed by atoms with Crippen LogP contribution in [0.25, 0.3) is 0 Å². The van der Waals surface area contributed by atoms with Crippen LogP contribution < -0.4 is 10.1 Å². The van der Waals surface area contributed by atoms with Crippen molar-refractivity contribution in [2.24, 2.45) is 0 Å². The van der Waals surface area contributed by atoms with Gasteiger partial charge in [0.25, 0.3) is 0 Å². The fourth-order valence-corrected chi connectivity index (χ4v) is 2.33. The van der Waals surface area contributed by atoms with Gasteiger partial charge in [-0.2, -0.15) is 0 Å². The maximum absolute atomic E-state index is 12.8. The van der Waals surface area contributed by atoms with E-state index in [4.69, 9.17) is 4.74 Å². The van der Waals surface area contributed by atoms with E-state index < -0.39 is 6.10 Å². The first-order chi connectivity index (χ1) is 10.4. The molecule has 0 aliphatic rings. The molecule has 0 saturated heterocycles. The molecule has 22 heavy (non-hydrogen) atoms. The first-order valence-corrected chi connectivity index (χ1v) is 7.35. The van der Waals surface area contributed by atoms with Gasteiger partial charge in [0.1, 0.15) is 11.6 Å². The standard InChI is InChI=1S/C14H16FN3O3S/c1-9(19)8-18(2)14(20)17-13-16-7-12(22-13)21-11-5-3-10(15)4-6-11/h3-7,9,19H,8H2,1-2H3,(H,16,17,20)/t9-/m0/s1. The fraction of sp³-hybridized carbons (Fsp3) is 0.286. The topological polar surface area (TPSA) is 74.7 Å². The predicted molar refractivity (Wildman–Crippen MR) is 81.9 cm³/mol. The third kappa shape index (κ3) is 4.68. The number of urea groups is 1. The normalized spacial score (nSPS) is 11.8. The van der Waals surface area contributed by atoms with Crippen molar-refractivity contribution in [3.63, 3.8) is 0 Å².